The molecule has 0 saturated heterocycles. The molecule has 0 aliphatic heterocycles. The quantitative estimate of drug-likeness (QED) is 0.744. The van der Waals surface area contributed by atoms with Crippen molar-refractivity contribution in [3.8, 4) is 0 Å². The van der Waals surface area contributed by atoms with E-state index >= 15 is 0 Å². The lowest BCUT2D eigenvalue weighted by atomic mass is 10.0. The van der Waals surface area contributed by atoms with Crippen molar-refractivity contribution >= 4 is 5.97 Å². The highest BCUT2D eigenvalue weighted by atomic mass is 16.4. The van der Waals surface area contributed by atoms with Crippen LogP contribution >= 0.6 is 0 Å². The molecule has 1 aliphatic carbocycles. The second-order valence-corrected chi connectivity index (χ2v) is 5.04. The molecule has 1 fully saturated rings. The van der Waals surface area contributed by atoms with E-state index in [-0.39, 0.29) is 0 Å². The van der Waals surface area contributed by atoms with Crippen LogP contribution in [0.2, 0.25) is 0 Å². The molecular formula is C14H19NO3. The van der Waals surface area contributed by atoms with Crippen LogP contribution in [-0.4, -0.2) is 28.3 Å². The van der Waals surface area contributed by atoms with E-state index in [0.29, 0.717) is 18.7 Å². The zero-order valence-corrected chi connectivity index (χ0v) is 10.4. The minimum absolute atomic E-state index is 0.300. The summed E-state index contributed by atoms with van der Waals surface area (Å²) in [7, 11) is 0. The number of nitrogens with one attached hydrogen (secondary N) is 1. The average molecular weight is 249 g/mol. The molecule has 0 aromatic heterocycles. The van der Waals surface area contributed by atoms with Crippen molar-refractivity contribution < 1.29 is 15.0 Å². The molecule has 1 saturated carbocycles. The van der Waals surface area contributed by atoms with Gasteiger partial charge in [0, 0.05) is 13.1 Å². The average Bonchev–Trinajstić information content (AvgIpc) is 2.77. The van der Waals surface area contributed by atoms with Gasteiger partial charge < -0.3 is 15.5 Å². The minimum Gasteiger partial charge on any atom is -0.478 e. The van der Waals surface area contributed by atoms with Gasteiger partial charge in [-0.05, 0) is 30.5 Å². The van der Waals surface area contributed by atoms with Gasteiger partial charge in [0.1, 0.15) is 0 Å². The van der Waals surface area contributed by atoms with E-state index in [2.05, 4.69) is 5.32 Å². The van der Waals surface area contributed by atoms with Crippen LogP contribution in [0.15, 0.2) is 24.3 Å². The number of hydrogen-bond acceptors (Lipinski definition) is 3. The summed E-state index contributed by atoms with van der Waals surface area (Å²) in [5, 5.41) is 22.3. The topological polar surface area (TPSA) is 69.6 Å². The van der Waals surface area contributed by atoms with E-state index in [1.54, 1.807) is 18.2 Å². The van der Waals surface area contributed by atoms with Crippen LogP contribution in [0.1, 0.15) is 41.6 Å². The Hall–Kier alpha value is -1.39. The summed E-state index contributed by atoms with van der Waals surface area (Å²) >= 11 is 0. The Morgan fingerprint density at radius 1 is 1.33 bits per heavy atom. The summed E-state index contributed by atoms with van der Waals surface area (Å²) in [6.45, 7) is 1.16. The van der Waals surface area contributed by atoms with Gasteiger partial charge in [-0.15, -0.1) is 0 Å². The summed E-state index contributed by atoms with van der Waals surface area (Å²) in [4.78, 5) is 10.8. The minimum atomic E-state index is -0.911. The number of carboxylic acids is 1. The van der Waals surface area contributed by atoms with Crippen molar-refractivity contribution in [1.29, 1.82) is 0 Å². The molecule has 1 aliphatic rings. The van der Waals surface area contributed by atoms with E-state index in [1.807, 2.05) is 6.07 Å². The van der Waals surface area contributed by atoms with Gasteiger partial charge in [-0.1, -0.05) is 25.0 Å². The molecule has 4 nitrogen and oxygen atoms in total. The maximum atomic E-state index is 10.8. The van der Waals surface area contributed by atoms with Crippen LogP contribution < -0.4 is 5.32 Å². The van der Waals surface area contributed by atoms with Gasteiger partial charge in [-0.25, -0.2) is 4.79 Å². The van der Waals surface area contributed by atoms with Crippen LogP contribution in [-0.2, 0) is 6.54 Å². The number of aliphatic hydroxyl groups is 1. The molecule has 3 N–H and O–H groups in total. The van der Waals surface area contributed by atoms with Gasteiger partial charge in [0.2, 0.25) is 0 Å². The van der Waals surface area contributed by atoms with E-state index in [4.69, 9.17) is 5.11 Å². The fourth-order valence-corrected chi connectivity index (χ4v) is 2.46. The molecule has 0 bridgehead atoms. The molecule has 0 spiro atoms. The van der Waals surface area contributed by atoms with E-state index < -0.39 is 11.6 Å². The molecule has 4 heteroatoms. The van der Waals surface area contributed by atoms with Crippen molar-refractivity contribution in [3.63, 3.8) is 0 Å². The summed E-state index contributed by atoms with van der Waals surface area (Å²) in [5.41, 5.74) is 0.662. The lowest BCUT2D eigenvalue weighted by Gasteiger charge is -2.22. The maximum Gasteiger partial charge on any atom is 0.335 e. The van der Waals surface area contributed by atoms with Crippen LogP contribution in [0.5, 0.6) is 0 Å². The number of rotatable bonds is 5. The highest BCUT2D eigenvalue weighted by molar-refractivity contribution is 5.87. The van der Waals surface area contributed by atoms with Crippen molar-refractivity contribution in [1.82, 2.24) is 5.32 Å². The summed E-state index contributed by atoms with van der Waals surface area (Å²) in [6.07, 6.45) is 3.89. The van der Waals surface area contributed by atoms with Crippen LogP contribution in [0.4, 0.5) is 0 Å². The fourth-order valence-electron chi connectivity index (χ4n) is 2.46. The molecule has 98 valence electrons. The molecule has 18 heavy (non-hydrogen) atoms. The van der Waals surface area contributed by atoms with Gasteiger partial charge in [0.05, 0.1) is 11.2 Å². The number of carboxylic acid groups (broad SMARTS) is 1. The van der Waals surface area contributed by atoms with Gasteiger partial charge in [0.25, 0.3) is 0 Å². The Morgan fingerprint density at radius 3 is 2.72 bits per heavy atom. The van der Waals surface area contributed by atoms with Crippen LogP contribution in [0.25, 0.3) is 0 Å². The largest absolute Gasteiger partial charge is 0.478 e. The third-order valence-electron chi connectivity index (χ3n) is 3.49. The fraction of sp³-hybridized carbons (Fsp3) is 0.500. The van der Waals surface area contributed by atoms with Gasteiger partial charge in [0.15, 0.2) is 0 Å². The molecule has 2 rings (SSSR count). The summed E-state index contributed by atoms with van der Waals surface area (Å²) in [6, 6.07) is 6.87. The van der Waals surface area contributed by atoms with E-state index in [1.165, 1.54) is 0 Å². The number of aromatic carboxylic acids is 1. The predicted octanol–water partition coefficient (Wildman–Crippen LogP) is 1.78. The van der Waals surface area contributed by atoms with Crippen molar-refractivity contribution in [2.45, 2.75) is 37.8 Å². The lowest BCUT2D eigenvalue weighted by molar-refractivity contribution is 0.0474. The number of carbonyl (C=O) groups is 1. The normalized spacial score (nSPS) is 17.8. The third-order valence-corrected chi connectivity index (χ3v) is 3.49. The predicted molar refractivity (Wildman–Crippen MR) is 68.5 cm³/mol. The van der Waals surface area contributed by atoms with Gasteiger partial charge >= 0.3 is 5.97 Å². The third kappa shape index (κ3) is 3.31. The smallest absolute Gasteiger partial charge is 0.335 e. The molecular weight excluding hydrogens is 230 g/mol. The van der Waals surface area contributed by atoms with Crippen LogP contribution in [0, 0.1) is 0 Å². The molecule has 1 aromatic carbocycles. The first-order valence-electron chi connectivity index (χ1n) is 6.34. The van der Waals surface area contributed by atoms with Crippen molar-refractivity contribution in [2.24, 2.45) is 0 Å². The molecule has 1 aromatic rings. The van der Waals surface area contributed by atoms with Gasteiger partial charge in [-0.2, -0.15) is 0 Å². The Bertz CT molecular complexity index is 425. The molecule has 0 unspecified atom stereocenters. The van der Waals surface area contributed by atoms with Crippen molar-refractivity contribution in [2.75, 3.05) is 6.54 Å². The second-order valence-electron chi connectivity index (χ2n) is 5.04. The van der Waals surface area contributed by atoms with E-state index in [9.17, 15) is 9.90 Å². The Balaban J connectivity index is 1.86. The Labute approximate surface area is 107 Å². The zero-order valence-electron chi connectivity index (χ0n) is 10.4. The maximum absolute atomic E-state index is 10.8. The molecule has 0 amide bonds. The highest BCUT2D eigenvalue weighted by Gasteiger charge is 2.30. The highest BCUT2D eigenvalue weighted by Crippen LogP contribution is 2.28. The summed E-state index contributed by atoms with van der Waals surface area (Å²) < 4.78 is 0. The first-order chi connectivity index (χ1) is 8.59. The zero-order chi connectivity index (χ0) is 13.0. The number of benzene rings is 1. The first-order valence-corrected chi connectivity index (χ1v) is 6.34. The number of hydrogen-bond donors (Lipinski definition) is 3. The van der Waals surface area contributed by atoms with Crippen molar-refractivity contribution in [3.05, 3.63) is 35.4 Å². The second kappa shape index (κ2) is 5.50. The lowest BCUT2D eigenvalue weighted by Crippen LogP contribution is -2.37. The van der Waals surface area contributed by atoms with Crippen LogP contribution in [0.3, 0.4) is 0 Å². The Kier molecular flexibility index (Phi) is 3.99. The molecule has 0 heterocycles. The van der Waals surface area contributed by atoms with Gasteiger partial charge in [-0.3, -0.25) is 0 Å². The molecule has 0 radical (unpaired) electrons. The Morgan fingerprint density at radius 2 is 2.06 bits per heavy atom. The standard InChI is InChI=1S/C14H19NO3/c16-13(17)12-5-3-4-11(8-12)9-15-10-14(18)6-1-2-7-14/h3-5,8,15,18H,1-2,6-7,9-10H2,(H,16,17). The first kappa shape index (κ1) is 13.1. The SMILES string of the molecule is O=C(O)c1cccc(CNCC2(O)CCCC2)c1. The monoisotopic (exact) mass is 249 g/mol. The molecule has 0 atom stereocenters. The van der Waals surface area contributed by atoms with E-state index in [0.717, 1.165) is 31.2 Å². The summed E-state index contributed by atoms with van der Waals surface area (Å²) in [5.74, 6) is -0.911.